The highest BCUT2D eigenvalue weighted by molar-refractivity contribution is 14.1. The van der Waals surface area contributed by atoms with Gasteiger partial charge in [-0.05, 0) is 60.9 Å². The van der Waals surface area contributed by atoms with Crippen molar-refractivity contribution < 1.29 is 9.90 Å². The van der Waals surface area contributed by atoms with Gasteiger partial charge in [0.25, 0.3) is 5.91 Å². The molecule has 1 amide bonds. The lowest BCUT2D eigenvalue weighted by molar-refractivity contribution is 0.0599. The van der Waals surface area contributed by atoms with E-state index in [9.17, 15) is 15.2 Å². The summed E-state index contributed by atoms with van der Waals surface area (Å²) >= 11 is 2.19. The van der Waals surface area contributed by atoms with Crippen LogP contribution in [-0.4, -0.2) is 61.2 Å². The molecule has 0 saturated carbocycles. The van der Waals surface area contributed by atoms with Crippen molar-refractivity contribution in [2.24, 2.45) is 5.92 Å². The van der Waals surface area contributed by atoms with E-state index < -0.39 is 12.0 Å². The maximum atomic E-state index is 13.3. The van der Waals surface area contributed by atoms with Gasteiger partial charge in [0.15, 0.2) is 5.65 Å². The molecule has 0 aromatic carbocycles. The van der Waals surface area contributed by atoms with E-state index in [0.29, 0.717) is 31.0 Å². The maximum absolute atomic E-state index is 13.3. The average molecular weight is 557 g/mol. The second-order valence-corrected chi connectivity index (χ2v) is 9.94. The number of rotatable bonds is 3. The summed E-state index contributed by atoms with van der Waals surface area (Å²) in [6.45, 7) is 3.46. The van der Waals surface area contributed by atoms with Crippen molar-refractivity contribution in [3.8, 4) is 6.07 Å². The number of amides is 1. The van der Waals surface area contributed by atoms with Gasteiger partial charge in [0.1, 0.15) is 11.5 Å². The van der Waals surface area contributed by atoms with Crippen LogP contribution < -0.4 is 4.90 Å². The number of aliphatic hydroxyl groups is 1. The van der Waals surface area contributed by atoms with Crippen LogP contribution in [0.25, 0.3) is 5.65 Å². The number of likely N-dealkylation sites (tertiary alicyclic amines) is 1. The molecule has 3 atom stereocenters. The molecular formula is C23H24IN7O2. The first kappa shape index (κ1) is 22.0. The highest BCUT2D eigenvalue weighted by Gasteiger charge is 2.34. The van der Waals surface area contributed by atoms with Crippen LogP contribution in [0.5, 0.6) is 0 Å². The minimum absolute atomic E-state index is 0.0753. The molecule has 9 nitrogen and oxygen atoms in total. The third-order valence-corrected chi connectivity index (χ3v) is 7.10. The molecule has 0 unspecified atom stereocenters. The summed E-state index contributed by atoms with van der Waals surface area (Å²) in [7, 11) is 0. The fourth-order valence-corrected chi connectivity index (χ4v) is 5.20. The van der Waals surface area contributed by atoms with Crippen molar-refractivity contribution in [1.82, 2.24) is 24.5 Å². The zero-order valence-corrected chi connectivity index (χ0v) is 20.4. The van der Waals surface area contributed by atoms with Crippen LogP contribution in [0.15, 0.2) is 30.6 Å². The number of anilines is 1. The molecule has 5 heterocycles. The number of β-amino-alcohol motifs (C(OH)–C–C–N with tert-alkyl or cyclic N) is 1. The molecule has 0 spiro atoms. The number of aromatic nitrogens is 4. The second-order valence-electron chi connectivity index (χ2n) is 8.70. The predicted octanol–water partition coefficient (Wildman–Crippen LogP) is 2.73. The van der Waals surface area contributed by atoms with Gasteiger partial charge in [0.05, 0.1) is 29.8 Å². The minimum Gasteiger partial charge on any atom is -0.390 e. The van der Waals surface area contributed by atoms with Crippen LogP contribution in [0.3, 0.4) is 0 Å². The first-order valence-corrected chi connectivity index (χ1v) is 12.1. The Morgan fingerprint density at radius 2 is 2.15 bits per heavy atom. The number of hydrogen-bond acceptors (Lipinski definition) is 7. The highest BCUT2D eigenvalue weighted by atomic mass is 127. The summed E-state index contributed by atoms with van der Waals surface area (Å²) < 4.78 is 2.73. The fraction of sp³-hybridized carbons (Fsp3) is 0.435. The predicted molar refractivity (Wildman–Crippen MR) is 130 cm³/mol. The zero-order valence-electron chi connectivity index (χ0n) is 18.2. The second kappa shape index (κ2) is 8.87. The number of aliphatic hydroxyl groups excluding tert-OH is 1. The molecule has 0 aliphatic carbocycles. The van der Waals surface area contributed by atoms with Crippen molar-refractivity contribution in [1.29, 1.82) is 5.26 Å². The molecule has 3 aromatic rings. The van der Waals surface area contributed by atoms with E-state index in [2.05, 4.69) is 33.6 Å². The molecule has 1 N–H and O–H groups in total. The largest absolute Gasteiger partial charge is 0.390 e. The van der Waals surface area contributed by atoms with Gasteiger partial charge >= 0.3 is 0 Å². The highest BCUT2D eigenvalue weighted by Crippen LogP contribution is 2.33. The molecule has 0 bridgehead atoms. The Bertz CT molecular complexity index is 1250. The van der Waals surface area contributed by atoms with Gasteiger partial charge in [0, 0.05) is 47.2 Å². The number of aryl methyl sites for hydroxylation is 1. The first-order valence-electron chi connectivity index (χ1n) is 11.1. The Labute approximate surface area is 205 Å². The van der Waals surface area contributed by atoms with Gasteiger partial charge in [0.2, 0.25) is 0 Å². The number of carbonyl (C=O) groups is 1. The molecule has 2 fully saturated rings. The molecular weight excluding hydrogens is 533 g/mol. The molecule has 2 saturated heterocycles. The molecule has 5 rings (SSSR count). The van der Waals surface area contributed by atoms with E-state index in [1.165, 1.54) is 0 Å². The topological polar surface area (TPSA) is 111 Å². The van der Waals surface area contributed by atoms with Gasteiger partial charge in [-0.2, -0.15) is 10.4 Å². The molecule has 170 valence electrons. The Kier molecular flexibility index (Phi) is 5.92. The monoisotopic (exact) mass is 557 g/mol. The quantitative estimate of drug-likeness (QED) is 0.494. The third-order valence-electron chi connectivity index (χ3n) is 6.42. The maximum Gasteiger partial charge on any atom is 0.273 e. The summed E-state index contributed by atoms with van der Waals surface area (Å²) in [5.41, 5.74) is 2.87. The molecule has 3 aromatic heterocycles. The number of pyridine rings is 1. The van der Waals surface area contributed by atoms with E-state index in [-0.39, 0.29) is 11.9 Å². The van der Waals surface area contributed by atoms with E-state index in [1.807, 2.05) is 41.1 Å². The van der Waals surface area contributed by atoms with Crippen molar-refractivity contribution in [2.45, 2.75) is 38.3 Å². The average Bonchev–Trinajstić information content (AvgIpc) is 3.40. The smallest absolute Gasteiger partial charge is 0.273 e. The number of hydrogen-bond donors (Lipinski definition) is 1. The van der Waals surface area contributed by atoms with Gasteiger partial charge in [-0.25, -0.2) is 9.50 Å². The van der Waals surface area contributed by atoms with Crippen LogP contribution in [0.4, 0.5) is 5.82 Å². The molecule has 33 heavy (non-hydrogen) atoms. The van der Waals surface area contributed by atoms with E-state index in [0.717, 1.165) is 39.9 Å². The number of nitriles is 1. The van der Waals surface area contributed by atoms with E-state index >= 15 is 0 Å². The van der Waals surface area contributed by atoms with Crippen LogP contribution in [0, 0.1) is 27.7 Å². The molecule has 10 heteroatoms. The van der Waals surface area contributed by atoms with E-state index in [4.69, 9.17) is 10.1 Å². The standard InChI is InChI=1S/C23H24IN7O2/c1-14-11-31-21(27-22(14)29-12-15(10-25)20(32)13-29)9-17(28-31)19-4-2-3-7-30(19)23(33)18-8-16(24)5-6-26-18/h5-6,8-9,11,15,19-20,32H,2-4,7,12-13H2,1H3/t15-,19+,20+/m1/s1. The van der Waals surface area contributed by atoms with Crippen LogP contribution in [0.2, 0.25) is 0 Å². The Morgan fingerprint density at radius 1 is 1.30 bits per heavy atom. The number of fused-ring (bicyclic) bond motifs is 1. The summed E-state index contributed by atoms with van der Waals surface area (Å²) in [6.07, 6.45) is 5.74. The van der Waals surface area contributed by atoms with E-state index in [1.54, 1.807) is 10.7 Å². The van der Waals surface area contributed by atoms with Gasteiger partial charge in [-0.3, -0.25) is 9.78 Å². The molecule has 0 radical (unpaired) electrons. The zero-order chi connectivity index (χ0) is 23.1. The van der Waals surface area contributed by atoms with Crippen LogP contribution in [-0.2, 0) is 0 Å². The van der Waals surface area contributed by atoms with Crippen molar-refractivity contribution in [2.75, 3.05) is 24.5 Å². The normalized spacial score (nSPS) is 23.2. The van der Waals surface area contributed by atoms with Gasteiger partial charge < -0.3 is 14.9 Å². The number of nitrogens with zero attached hydrogens (tertiary/aromatic N) is 7. The summed E-state index contributed by atoms with van der Waals surface area (Å²) in [5, 5.41) is 24.2. The molecule has 2 aliphatic rings. The fourth-order valence-electron chi connectivity index (χ4n) is 4.74. The van der Waals surface area contributed by atoms with Crippen molar-refractivity contribution in [3.05, 3.63) is 51.1 Å². The summed E-state index contributed by atoms with van der Waals surface area (Å²) in [5.74, 6) is 0.262. The van der Waals surface area contributed by atoms with Crippen LogP contribution >= 0.6 is 22.6 Å². The lowest BCUT2D eigenvalue weighted by Gasteiger charge is -2.34. The lowest BCUT2D eigenvalue weighted by Crippen LogP contribution is -2.39. The van der Waals surface area contributed by atoms with Crippen molar-refractivity contribution in [3.63, 3.8) is 0 Å². The number of halogens is 1. The Hall–Kier alpha value is -2.78. The third kappa shape index (κ3) is 4.15. The minimum atomic E-state index is -0.677. The Balaban J connectivity index is 1.46. The van der Waals surface area contributed by atoms with Crippen molar-refractivity contribution >= 4 is 40.0 Å². The lowest BCUT2D eigenvalue weighted by atomic mass is 9.99. The van der Waals surface area contributed by atoms with Crippen LogP contribution in [0.1, 0.15) is 47.1 Å². The van der Waals surface area contributed by atoms with Gasteiger partial charge in [-0.15, -0.1) is 0 Å². The SMILES string of the molecule is Cc1cn2nc([C@@H]3CCCCN3C(=O)c3cc(I)ccn3)cc2nc1N1C[C@@H](C#N)[C@@H](O)C1. The summed E-state index contributed by atoms with van der Waals surface area (Å²) in [6, 6.07) is 7.66. The first-order chi connectivity index (χ1) is 15.9. The van der Waals surface area contributed by atoms with Gasteiger partial charge in [-0.1, -0.05) is 0 Å². The number of piperidine rings is 1. The summed E-state index contributed by atoms with van der Waals surface area (Å²) in [4.78, 5) is 26.2. The number of carbonyl (C=O) groups excluding carboxylic acids is 1. The molecule has 2 aliphatic heterocycles. The Morgan fingerprint density at radius 3 is 2.91 bits per heavy atom.